The van der Waals surface area contributed by atoms with Crippen LogP contribution in [0.3, 0.4) is 0 Å². The first-order valence-corrected chi connectivity index (χ1v) is 8.58. The Morgan fingerprint density at radius 2 is 2.05 bits per heavy atom. The first-order chi connectivity index (χ1) is 10.4. The molecule has 0 radical (unpaired) electrons. The largest absolute Gasteiger partial charge is 0.492 e. The van der Waals surface area contributed by atoms with Gasteiger partial charge in [0.15, 0.2) is 5.03 Å². The van der Waals surface area contributed by atoms with Crippen LogP contribution < -0.4 is 9.46 Å². The van der Waals surface area contributed by atoms with Crippen molar-refractivity contribution in [2.24, 2.45) is 7.05 Å². The van der Waals surface area contributed by atoms with E-state index in [0.29, 0.717) is 5.92 Å². The molecule has 6 nitrogen and oxygen atoms in total. The Morgan fingerprint density at radius 3 is 2.68 bits per heavy atom. The minimum Gasteiger partial charge on any atom is -0.492 e. The second-order valence-electron chi connectivity index (χ2n) is 5.32. The predicted molar refractivity (Wildman–Crippen MR) is 84.4 cm³/mol. The maximum Gasteiger partial charge on any atom is 0.259 e. The SMILES string of the molecule is CC(C)c1ccccc1OCCNS(=O)(=O)c1cn(C)cn1. The number of benzene rings is 1. The molecule has 0 aliphatic heterocycles. The van der Waals surface area contributed by atoms with Crippen LogP contribution in [0, 0.1) is 0 Å². The van der Waals surface area contributed by atoms with Crippen LogP contribution in [-0.2, 0) is 17.1 Å². The standard InChI is InChI=1S/C15H21N3O3S/c1-12(2)13-6-4-5-7-14(13)21-9-8-17-22(19,20)15-10-18(3)11-16-15/h4-7,10-12,17H,8-9H2,1-3H3. The number of aryl methyl sites for hydroxylation is 1. The minimum absolute atomic E-state index is 0.0116. The Morgan fingerprint density at radius 1 is 1.32 bits per heavy atom. The number of sulfonamides is 1. The van der Waals surface area contributed by atoms with Crippen molar-refractivity contribution < 1.29 is 13.2 Å². The van der Waals surface area contributed by atoms with Gasteiger partial charge in [-0.1, -0.05) is 32.0 Å². The number of para-hydroxylation sites is 1. The van der Waals surface area contributed by atoms with Gasteiger partial charge in [0.2, 0.25) is 0 Å². The van der Waals surface area contributed by atoms with E-state index in [0.717, 1.165) is 11.3 Å². The summed E-state index contributed by atoms with van der Waals surface area (Å²) in [6, 6.07) is 7.77. The molecule has 0 saturated carbocycles. The van der Waals surface area contributed by atoms with Gasteiger partial charge < -0.3 is 9.30 Å². The Bertz CT molecular complexity index is 723. The Labute approximate surface area is 131 Å². The summed E-state index contributed by atoms with van der Waals surface area (Å²) in [4.78, 5) is 3.83. The van der Waals surface area contributed by atoms with E-state index in [4.69, 9.17) is 4.74 Å². The monoisotopic (exact) mass is 323 g/mol. The summed E-state index contributed by atoms with van der Waals surface area (Å²) in [7, 11) is -1.86. The summed E-state index contributed by atoms with van der Waals surface area (Å²) in [5, 5.41) is 0.0116. The van der Waals surface area contributed by atoms with E-state index < -0.39 is 10.0 Å². The third kappa shape index (κ3) is 4.08. The summed E-state index contributed by atoms with van der Waals surface area (Å²) >= 11 is 0. The van der Waals surface area contributed by atoms with Crippen LogP contribution in [0.1, 0.15) is 25.3 Å². The highest BCUT2D eigenvalue weighted by molar-refractivity contribution is 7.89. The number of imidazole rings is 1. The van der Waals surface area contributed by atoms with Gasteiger partial charge in [0, 0.05) is 19.8 Å². The number of nitrogens with one attached hydrogen (secondary N) is 1. The average Bonchev–Trinajstić information content (AvgIpc) is 2.91. The maximum atomic E-state index is 12.0. The van der Waals surface area contributed by atoms with Gasteiger partial charge >= 0.3 is 0 Å². The fourth-order valence-electron chi connectivity index (χ4n) is 2.03. The molecule has 1 N–H and O–H groups in total. The van der Waals surface area contributed by atoms with E-state index >= 15 is 0 Å². The molecule has 0 unspecified atom stereocenters. The molecule has 2 aromatic rings. The molecule has 0 aliphatic rings. The van der Waals surface area contributed by atoms with Crippen molar-refractivity contribution in [3.63, 3.8) is 0 Å². The fraction of sp³-hybridized carbons (Fsp3) is 0.400. The quantitative estimate of drug-likeness (QED) is 0.790. The first kappa shape index (κ1) is 16.5. The van der Waals surface area contributed by atoms with Gasteiger partial charge in [0.05, 0.1) is 6.33 Å². The number of hydrogen-bond donors (Lipinski definition) is 1. The van der Waals surface area contributed by atoms with Crippen molar-refractivity contribution in [2.75, 3.05) is 13.2 Å². The van der Waals surface area contributed by atoms with Crippen LogP contribution in [0.25, 0.3) is 0 Å². The van der Waals surface area contributed by atoms with Crippen molar-refractivity contribution in [1.29, 1.82) is 0 Å². The fourth-order valence-corrected chi connectivity index (χ4v) is 3.02. The zero-order valence-corrected chi connectivity index (χ0v) is 13.8. The smallest absolute Gasteiger partial charge is 0.259 e. The number of aromatic nitrogens is 2. The predicted octanol–water partition coefficient (Wildman–Crippen LogP) is 1.90. The third-order valence-electron chi connectivity index (χ3n) is 3.15. The number of hydrogen-bond acceptors (Lipinski definition) is 4. The first-order valence-electron chi connectivity index (χ1n) is 7.09. The summed E-state index contributed by atoms with van der Waals surface area (Å²) in [6.07, 6.45) is 2.90. The maximum absolute atomic E-state index is 12.0. The van der Waals surface area contributed by atoms with Crippen LogP contribution in [0.5, 0.6) is 5.75 Å². The molecule has 0 atom stereocenters. The lowest BCUT2D eigenvalue weighted by Crippen LogP contribution is -2.28. The molecule has 120 valence electrons. The van der Waals surface area contributed by atoms with Crippen molar-refractivity contribution in [1.82, 2.24) is 14.3 Å². The van der Waals surface area contributed by atoms with Gasteiger partial charge in [-0.3, -0.25) is 0 Å². The van der Waals surface area contributed by atoms with Crippen molar-refractivity contribution >= 4 is 10.0 Å². The molecule has 0 amide bonds. The minimum atomic E-state index is -3.58. The summed E-state index contributed by atoms with van der Waals surface area (Å²) < 4.78 is 33.7. The van der Waals surface area contributed by atoms with Crippen molar-refractivity contribution in [3.8, 4) is 5.75 Å². The zero-order chi connectivity index (χ0) is 16.2. The Balaban J connectivity index is 1.90. The lowest BCUT2D eigenvalue weighted by Gasteiger charge is -2.13. The molecule has 0 fully saturated rings. The molecule has 0 saturated heterocycles. The van der Waals surface area contributed by atoms with Crippen LogP contribution >= 0.6 is 0 Å². The Kier molecular flexibility index (Phi) is 5.20. The Hall–Kier alpha value is -1.86. The van der Waals surface area contributed by atoms with Crippen molar-refractivity contribution in [3.05, 3.63) is 42.4 Å². The van der Waals surface area contributed by atoms with E-state index in [1.807, 2.05) is 24.3 Å². The molecule has 2 rings (SSSR count). The van der Waals surface area contributed by atoms with E-state index in [-0.39, 0.29) is 18.2 Å². The molecule has 0 spiro atoms. The third-order valence-corrected chi connectivity index (χ3v) is 4.49. The normalized spacial score (nSPS) is 11.8. The van der Waals surface area contributed by atoms with E-state index in [9.17, 15) is 8.42 Å². The molecule has 1 heterocycles. The molecule has 0 bridgehead atoms. The van der Waals surface area contributed by atoms with Gasteiger partial charge in [-0.2, -0.15) is 0 Å². The van der Waals surface area contributed by atoms with Crippen LogP contribution in [0.4, 0.5) is 0 Å². The molecule has 1 aromatic carbocycles. The number of ether oxygens (including phenoxy) is 1. The molecular formula is C15H21N3O3S. The summed E-state index contributed by atoms with van der Waals surface area (Å²) in [5.74, 6) is 1.14. The van der Waals surface area contributed by atoms with Gasteiger partial charge in [-0.05, 0) is 17.5 Å². The van der Waals surface area contributed by atoms with E-state index in [2.05, 4.69) is 23.6 Å². The van der Waals surface area contributed by atoms with Crippen molar-refractivity contribution in [2.45, 2.75) is 24.8 Å². The van der Waals surface area contributed by atoms with Gasteiger partial charge in [-0.25, -0.2) is 18.1 Å². The highest BCUT2D eigenvalue weighted by Crippen LogP contribution is 2.25. The molecule has 0 aliphatic carbocycles. The highest BCUT2D eigenvalue weighted by atomic mass is 32.2. The van der Waals surface area contributed by atoms with Gasteiger partial charge in [-0.15, -0.1) is 0 Å². The summed E-state index contributed by atoms with van der Waals surface area (Å²) in [5.41, 5.74) is 1.11. The second kappa shape index (κ2) is 6.93. The molecule has 22 heavy (non-hydrogen) atoms. The van der Waals surface area contributed by atoms with Gasteiger partial charge in [0.1, 0.15) is 12.4 Å². The highest BCUT2D eigenvalue weighted by Gasteiger charge is 2.16. The molecule has 1 aromatic heterocycles. The lowest BCUT2D eigenvalue weighted by molar-refractivity contribution is 0.318. The molecule has 7 heteroatoms. The van der Waals surface area contributed by atoms with E-state index in [1.54, 1.807) is 11.6 Å². The van der Waals surface area contributed by atoms with E-state index in [1.165, 1.54) is 12.5 Å². The second-order valence-corrected chi connectivity index (χ2v) is 7.03. The van der Waals surface area contributed by atoms with Crippen LogP contribution in [0.15, 0.2) is 41.8 Å². The zero-order valence-electron chi connectivity index (χ0n) is 13.0. The summed E-state index contributed by atoms with van der Waals surface area (Å²) in [6.45, 7) is 4.62. The average molecular weight is 323 g/mol. The number of rotatable bonds is 7. The van der Waals surface area contributed by atoms with Crippen LogP contribution in [-0.4, -0.2) is 31.1 Å². The lowest BCUT2D eigenvalue weighted by atomic mass is 10.0. The molecular weight excluding hydrogens is 302 g/mol. The number of nitrogens with zero attached hydrogens (tertiary/aromatic N) is 2. The van der Waals surface area contributed by atoms with Crippen LogP contribution in [0.2, 0.25) is 0 Å². The topological polar surface area (TPSA) is 73.2 Å². The van der Waals surface area contributed by atoms with Gasteiger partial charge in [0.25, 0.3) is 10.0 Å².